The second-order valence-electron chi connectivity index (χ2n) is 3.88. The molecule has 0 saturated carbocycles. The molecule has 0 N–H and O–H groups in total. The van der Waals surface area contributed by atoms with Crippen LogP contribution in [0.25, 0.3) is 0 Å². The highest BCUT2D eigenvalue weighted by molar-refractivity contribution is 9.10. The van der Waals surface area contributed by atoms with E-state index in [4.69, 9.17) is 0 Å². The first-order chi connectivity index (χ1) is 8.00. The summed E-state index contributed by atoms with van der Waals surface area (Å²) in [5, 5.41) is 4.04. The van der Waals surface area contributed by atoms with Crippen LogP contribution in [0.15, 0.2) is 22.8 Å². The predicted molar refractivity (Wildman–Crippen MR) is 68.1 cm³/mol. The van der Waals surface area contributed by atoms with Crippen molar-refractivity contribution in [1.29, 1.82) is 0 Å². The topological polar surface area (TPSA) is 47.8 Å². The van der Waals surface area contributed by atoms with Gasteiger partial charge < -0.3 is 0 Å². The van der Waals surface area contributed by atoms with E-state index in [9.17, 15) is 4.79 Å². The average Bonchev–Trinajstić information content (AvgIpc) is 2.58. The van der Waals surface area contributed by atoms with Gasteiger partial charge in [0.25, 0.3) is 0 Å². The molecule has 0 aliphatic carbocycles. The molecule has 5 heteroatoms. The third-order valence-corrected chi connectivity index (χ3v) is 3.16. The molecular weight excluding hydrogens is 282 g/mol. The summed E-state index contributed by atoms with van der Waals surface area (Å²) in [4.78, 5) is 16.6. The number of pyridine rings is 1. The Morgan fingerprint density at radius 1 is 1.35 bits per heavy atom. The fraction of sp³-hybridized carbons (Fsp3) is 0.250. The van der Waals surface area contributed by atoms with Crippen LogP contribution in [0, 0.1) is 13.8 Å². The van der Waals surface area contributed by atoms with Crippen LogP contribution in [-0.2, 0) is 7.05 Å². The molecule has 0 saturated heterocycles. The lowest BCUT2D eigenvalue weighted by Crippen LogP contribution is -2.11. The quantitative estimate of drug-likeness (QED) is 0.799. The third-order valence-electron chi connectivity index (χ3n) is 2.58. The van der Waals surface area contributed by atoms with Crippen LogP contribution >= 0.6 is 15.9 Å². The Kier molecular flexibility index (Phi) is 3.11. The van der Waals surface area contributed by atoms with Crippen LogP contribution in [0.4, 0.5) is 0 Å². The third kappa shape index (κ3) is 2.15. The van der Waals surface area contributed by atoms with E-state index < -0.39 is 0 Å². The van der Waals surface area contributed by atoms with E-state index in [0.717, 1.165) is 11.4 Å². The molecule has 4 nitrogen and oxygen atoms in total. The highest BCUT2D eigenvalue weighted by atomic mass is 79.9. The van der Waals surface area contributed by atoms with Gasteiger partial charge in [0.05, 0.1) is 10.7 Å². The van der Waals surface area contributed by atoms with E-state index >= 15 is 0 Å². The molecular formula is C12H12BrN3O. The van der Waals surface area contributed by atoms with Crippen molar-refractivity contribution in [2.24, 2.45) is 7.05 Å². The summed E-state index contributed by atoms with van der Waals surface area (Å²) in [7, 11) is 1.74. The normalized spacial score (nSPS) is 10.6. The molecule has 0 radical (unpaired) electrons. The van der Waals surface area contributed by atoms with Gasteiger partial charge in [-0.2, -0.15) is 5.10 Å². The van der Waals surface area contributed by atoms with Gasteiger partial charge in [-0.1, -0.05) is 0 Å². The minimum atomic E-state index is -0.0677. The molecule has 0 aliphatic heterocycles. The minimum Gasteiger partial charge on any atom is -0.287 e. The van der Waals surface area contributed by atoms with Gasteiger partial charge >= 0.3 is 0 Å². The molecule has 2 aromatic rings. The molecule has 0 atom stereocenters. The number of rotatable bonds is 2. The van der Waals surface area contributed by atoms with Gasteiger partial charge in [0, 0.05) is 24.0 Å². The van der Waals surface area contributed by atoms with E-state index in [1.807, 2.05) is 19.9 Å². The summed E-state index contributed by atoms with van der Waals surface area (Å²) in [5.74, 6) is -0.0677. The van der Waals surface area contributed by atoms with Gasteiger partial charge in [0.15, 0.2) is 0 Å². The zero-order valence-corrected chi connectivity index (χ0v) is 11.4. The molecule has 2 rings (SSSR count). The molecule has 88 valence electrons. The molecule has 2 heterocycles. The van der Waals surface area contributed by atoms with Crippen LogP contribution < -0.4 is 0 Å². The summed E-state index contributed by atoms with van der Waals surface area (Å²) in [6.07, 6.45) is 1.62. The van der Waals surface area contributed by atoms with Crippen LogP contribution in [0.1, 0.15) is 27.4 Å². The summed E-state index contributed by atoms with van der Waals surface area (Å²) in [5.41, 5.74) is 2.80. The maximum absolute atomic E-state index is 12.4. The van der Waals surface area contributed by atoms with Gasteiger partial charge in [-0.3, -0.25) is 14.5 Å². The Morgan fingerprint density at radius 2 is 2.06 bits per heavy atom. The van der Waals surface area contributed by atoms with Crippen molar-refractivity contribution >= 4 is 21.7 Å². The van der Waals surface area contributed by atoms with Crippen molar-refractivity contribution in [1.82, 2.24) is 14.8 Å². The molecule has 0 aliphatic rings. The molecule has 2 aromatic heterocycles. The van der Waals surface area contributed by atoms with Gasteiger partial charge in [0.2, 0.25) is 5.78 Å². The number of aromatic nitrogens is 3. The van der Waals surface area contributed by atoms with Crippen molar-refractivity contribution in [3.05, 3.63) is 45.4 Å². The monoisotopic (exact) mass is 293 g/mol. The van der Waals surface area contributed by atoms with Crippen LogP contribution in [-0.4, -0.2) is 20.5 Å². The van der Waals surface area contributed by atoms with E-state index in [0.29, 0.717) is 15.7 Å². The Morgan fingerprint density at radius 3 is 2.59 bits per heavy atom. The Bertz CT molecular complexity index is 570. The Hall–Kier alpha value is -1.49. The largest absolute Gasteiger partial charge is 0.287 e. The first kappa shape index (κ1) is 12.0. The number of hydrogen-bond donors (Lipinski definition) is 0. The van der Waals surface area contributed by atoms with Crippen LogP contribution in [0.2, 0.25) is 0 Å². The highest BCUT2D eigenvalue weighted by Crippen LogP contribution is 2.20. The number of hydrogen-bond acceptors (Lipinski definition) is 3. The number of halogens is 1. The summed E-state index contributed by atoms with van der Waals surface area (Å²) < 4.78 is 2.26. The van der Waals surface area contributed by atoms with E-state index in [-0.39, 0.29) is 5.78 Å². The second-order valence-corrected chi connectivity index (χ2v) is 4.73. The highest BCUT2D eigenvalue weighted by Gasteiger charge is 2.19. The molecule has 0 fully saturated rings. The SMILES string of the molecule is Cc1ccc(C(=O)c2c(Br)cnn2C)c(C)n1. The lowest BCUT2D eigenvalue weighted by atomic mass is 10.1. The minimum absolute atomic E-state index is 0.0677. The second kappa shape index (κ2) is 4.41. The van der Waals surface area contributed by atoms with Gasteiger partial charge in [0.1, 0.15) is 5.69 Å². The zero-order chi connectivity index (χ0) is 12.6. The van der Waals surface area contributed by atoms with Crippen molar-refractivity contribution in [2.45, 2.75) is 13.8 Å². The van der Waals surface area contributed by atoms with Crippen molar-refractivity contribution in [2.75, 3.05) is 0 Å². The van der Waals surface area contributed by atoms with Crippen molar-refractivity contribution in [3.63, 3.8) is 0 Å². The first-order valence-electron chi connectivity index (χ1n) is 5.17. The average molecular weight is 294 g/mol. The summed E-state index contributed by atoms with van der Waals surface area (Å²) in [6.45, 7) is 3.74. The Labute approximate surface area is 108 Å². The lowest BCUT2D eigenvalue weighted by Gasteiger charge is -2.06. The summed E-state index contributed by atoms with van der Waals surface area (Å²) in [6, 6.07) is 3.64. The van der Waals surface area contributed by atoms with Crippen molar-refractivity contribution in [3.8, 4) is 0 Å². The maximum atomic E-state index is 12.4. The maximum Gasteiger partial charge on any atom is 0.213 e. The number of carbonyl (C=O) groups is 1. The van der Waals surface area contributed by atoms with Gasteiger partial charge in [-0.25, -0.2) is 0 Å². The van der Waals surface area contributed by atoms with Gasteiger partial charge in [-0.05, 0) is 41.9 Å². The number of ketones is 1. The fourth-order valence-corrected chi connectivity index (χ4v) is 2.25. The van der Waals surface area contributed by atoms with E-state index in [2.05, 4.69) is 26.0 Å². The Balaban J connectivity index is 2.51. The van der Waals surface area contributed by atoms with E-state index in [1.165, 1.54) is 0 Å². The number of carbonyl (C=O) groups excluding carboxylic acids is 1. The fourth-order valence-electron chi connectivity index (χ4n) is 1.72. The zero-order valence-electron chi connectivity index (χ0n) is 9.86. The summed E-state index contributed by atoms with van der Waals surface area (Å²) >= 11 is 3.33. The molecule has 0 spiro atoms. The standard InChI is InChI=1S/C12H12BrN3O/c1-7-4-5-9(8(2)15-7)12(17)11-10(13)6-14-16(11)3/h4-6H,1-3H3. The molecule has 0 aromatic carbocycles. The molecule has 0 bridgehead atoms. The molecule has 0 unspecified atom stereocenters. The van der Waals surface area contributed by atoms with E-state index in [1.54, 1.807) is 24.0 Å². The van der Waals surface area contributed by atoms with Crippen LogP contribution in [0.5, 0.6) is 0 Å². The van der Waals surface area contributed by atoms with Crippen molar-refractivity contribution < 1.29 is 4.79 Å². The predicted octanol–water partition coefficient (Wildman–Crippen LogP) is 2.43. The number of nitrogens with zero attached hydrogens (tertiary/aromatic N) is 3. The number of aryl methyl sites for hydroxylation is 3. The molecule has 17 heavy (non-hydrogen) atoms. The van der Waals surface area contributed by atoms with Gasteiger partial charge in [-0.15, -0.1) is 0 Å². The van der Waals surface area contributed by atoms with Crippen LogP contribution in [0.3, 0.4) is 0 Å². The molecule has 0 amide bonds. The lowest BCUT2D eigenvalue weighted by molar-refractivity contribution is 0.102. The smallest absolute Gasteiger partial charge is 0.213 e. The first-order valence-corrected chi connectivity index (χ1v) is 5.96.